The van der Waals surface area contributed by atoms with Crippen molar-refractivity contribution in [1.29, 1.82) is 0 Å². The normalized spacial score (nSPS) is 58.8. The summed E-state index contributed by atoms with van der Waals surface area (Å²) in [6.45, 7) is 12.9. The van der Waals surface area contributed by atoms with Gasteiger partial charge in [0, 0.05) is 22.2 Å². The molecule has 14 nitrogen and oxygen atoms in total. The average molecular weight is 797 g/mol. The molecular formula is C42H68O14. The van der Waals surface area contributed by atoms with E-state index in [0.717, 1.165) is 38.5 Å². The molecule has 0 aromatic heterocycles. The molecule has 0 aromatic carbocycles. The molecule has 0 aromatic rings. The van der Waals surface area contributed by atoms with E-state index >= 15 is 0 Å². The number of rotatable bonds is 7. The molecule has 1 spiro atoms. The fourth-order valence-corrected chi connectivity index (χ4v) is 14.3. The van der Waals surface area contributed by atoms with Crippen molar-refractivity contribution >= 4 is 0 Å². The maximum atomic E-state index is 12.1. The lowest BCUT2D eigenvalue weighted by Gasteiger charge is -2.73. The van der Waals surface area contributed by atoms with Crippen LogP contribution in [0, 0.1) is 50.2 Å². The summed E-state index contributed by atoms with van der Waals surface area (Å²) in [5, 5.41) is 97.0. The Morgan fingerprint density at radius 1 is 0.679 bits per heavy atom. The molecule has 3 aliphatic heterocycles. The van der Waals surface area contributed by atoms with Gasteiger partial charge < -0.3 is 69.6 Å². The number of allylic oxidation sites excluding steroid dienone is 1. The molecular weight excluding hydrogens is 728 g/mol. The van der Waals surface area contributed by atoms with E-state index in [4.69, 9.17) is 23.7 Å². The fourth-order valence-electron chi connectivity index (χ4n) is 14.3. The molecule has 0 amide bonds. The van der Waals surface area contributed by atoms with Crippen molar-refractivity contribution in [2.45, 2.75) is 172 Å². The Hall–Kier alpha value is -0.820. The number of ether oxygens (including phenoxy) is 5. The Morgan fingerprint density at radius 3 is 2.00 bits per heavy atom. The molecule has 21 atom stereocenters. The number of aliphatic hydroxyl groups excluding tert-OH is 9. The predicted molar refractivity (Wildman–Crippen MR) is 198 cm³/mol. The molecule has 8 rings (SSSR count). The Kier molecular flexibility index (Phi) is 10.4. The molecule has 8 aliphatic rings. The van der Waals surface area contributed by atoms with E-state index < -0.39 is 97.8 Å². The lowest BCUT2D eigenvalue weighted by Crippen LogP contribution is -2.72. The number of hydrogen-bond donors (Lipinski definition) is 9. The van der Waals surface area contributed by atoms with Gasteiger partial charge in [0.05, 0.1) is 44.2 Å². The highest BCUT2D eigenvalue weighted by Crippen LogP contribution is 2.79. The summed E-state index contributed by atoms with van der Waals surface area (Å²) in [5.74, 6) is 0.312. The summed E-state index contributed by atoms with van der Waals surface area (Å²) >= 11 is 0. The van der Waals surface area contributed by atoms with Crippen LogP contribution in [0.5, 0.6) is 0 Å². The molecule has 0 radical (unpaired) electrons. The Labute approximate surface area is 330 Å². The molecule has 320 valence electrons. The van der Waals surface area contributed by atoms with Crippen molar-refractivity contribution in [2.24, 2.45) is 50.2 Å². The number of fused-ring (bicyclic) bond motifs is 4. The third-order valence-electron chi connectivity index (χ3n) is 18.0. The topological polar surface area (TPSA) is 228 Å². The second-order valence-electron chi connectivity index (χ2n) is 21.0. The molecule has 14 heteroatoms. The molecule has 9 N–H and O–H groups in total. The van der Waals surface area contributed by atoms with Gasteiger partial charge in [-0.25, -0.2) is 0 Å². The summed E-state index contributed by atoms with van der Waals surface area (Å²) in [4.78, 5) is 0. The first-order chi connectivity index (χ1) is 26.2. The zero-order valence-electron chi connectivity index (χ0n) is 33.9. The van der Waals surface area contributed by atoms with E-state index in [1.807, 2.05) is 6.92 Å². The van der Waals surface area contributed by atoms with Crippen molar-refractivity contribution in [3.05, 3.63) is 12.2 Å². The summed E-state index contributed by atoms with van der Waals surface area (Å²) in [6.07, 6.45) is -5.19. The first kappa shape index (κ1) is 41.9. The summed E-state index contributed by atoms with van der Waals surface area (Å²) in [5.41, 5.74) is -2.19. The highest BCUT2D eigenvalue weighted by molar-refractivity contribution is 5.36. The van der Waals surface area contributed by atoms with Crippen molar-refractivity contribution < 1.29 is 69.6 Å². The van der Waals surface area contributed by atoms with Crippen LogP contribution in [0.2, 0.25) is 0 Å². The maximum Gasteiger partial charge on any atom is 0.187 e. The minimum atomic E-state index is -1.78. The first-order valence-electron chi connectivity index (χ1n) is 21.1. The zero-order chi connectivity index (χ0) is 40.6. The molecule has 7 fully saturated rings. The first-order valence-corrected chi connectivity index (χ1v) is 21.1. The van der Waals surface area contributed by atoms with Gasteiger partial charge in [-0.05, 0) is 79.4 Å². The molecule has 4 saturated carbocycles. The van der Waals surface area contributed by atoms with Gasteiger partial charge >= 0.3 is 0 Å². The van der Waals surface area contributed by atoms with Crippen molar-refractivity contribution in [3.63, 3.8) is 0 Å². The lowest BCUT2D eigenvalue weighted by molar-refractivity contribution is -0.379. The number of aliphatic hydroxyl groups is 9. The zero-order valence-corrected chi connectivity index (χ0v) is 33.9. The number of hydrogen-bond acceptors (Lipinski definition) is 14. The molecule has 3 heterocycles. The van der Waals surface area contributed by atoms with E-state index in [9.17, 15) is 46.0 Å². The maximum absolute atomic E-state index is 12.1. The van der Waals surface area contributed by atoms with Crippen molar-refractivity contribution in [1.82, 2.24) is 0 Å². The quantitative estimate of drug-likeness (QED) is 0.128. The minimum absolute atomic E-state index is 0.0256. The molecule has 2 bridgehead atoms. The SMILES string of the molecule is CC1(C)CC[C@]23CO[C@@]4(C=C[C@@H]5[C@@]6(C)CC[C@H](O[C@@H]7O[C@H](CO)[C@@H](O)[C@H](O)[C@H]7O[C@@H]7O[C@H](CO)[C@@H](O)[C@H](O)[C@H]7O)[C@@](C)(CO)[C@@H]6CC[C@@]5(C)[C@]4(C)C[C@@H]2O)[C@@H]3C1. The Morgan fingerprint density at radius 2 is 1.34 bits per heavy atom. The van der Waals surface area contributed by atoms with E-state index in [-0.39, 0.29) is 51.4 Å². The second kappa shape index (κ2) is 13.9. The fraction of sp³-hybridized carbons (Fsp3) is 0.952. The third-order valence-corrected chi connectivity index (χ3v) is 18.0. The van der Waals surface area contributed by atoms with Crippen LogP contribution in [0.15, 0.2) is 12.2 Å². The van der Waals surface area contributed by atoms with Gasteiger partial charge in [-0.3, -0.25) is 0 Å². The Bertz CT molecular complexity index is 1510. The van der Waals surface area contributed by atoms with Crippen molar-refractivity contribution in [3.8, 4) is 0 Å². The van der Waals surface area contributed by atoms with Gasteiger partial charge in [0.15, 0.2) is 12.6 Å². The van der Waals surface area contributed by atoms with E-state index in [2.05, 4.69) is 46.8 Å². The largest absolute Gasteiger partial charge is 0.396 e. The van der Waals surface area contributed by atoms with Crippen LogP contribution in [0.1, 0.15) is 92.9 Å². The van der Waals surface area contributed by atoms with E-state index in [1.165, 1.54) is 0 Å². The molecule has 5 aliphatic carbocycles. The Balaban J connectivity index is 1.09. The van der Waals surface area contributed by atoms with Crippen LogP contribution in [-0.2, 0) is 23.7 Å². The van der Waals surface area contributed by atoms with E-state index in [0.29, 0.717) is 19.4 Å². The van der Waals surface area contributed by atoms with Gasteiger partial charge in [0.1, 0.15) is 48.8 Å². The van der Waals surface area contributed by atoms with Crippen LogP contribution in [0.4, 0.5) is 0 Å². The van der Waals surface area contributed by atoms with Crippen molar-refractivity contribution in [2.75, 3.05) is 26.4 Å². The van der Waals surface area contributed by atoms with E-state index in [1.54, 1.807) is 0 Å². The average Bonchev–Trinajstić information content (AvgIpc) is 3.43. The van der Waals surface area contributed by atoms with Crippen LogP contribution in [0.3, 0.4) is 0 Å². The van der Waals surface area contributed by atoms with Crippen LogP contribution in [0.25, 0.3) is 0 Å². The molecule has 3 saturated heterocycles. The van der Waals surface area contributed by atoms with Gasteiger partial charge in [0.25, 0.3) is 0 Å². The predicted octanol–water partition coefficient (Wildman–Crippen LogP) is 0.749. The van der Waals surface area contributed by atoms with Gasteiger partial charge in [-0.2, -0.15) is 0 Å². The second-order valence-corrected chi connectivity index (χ2v) is 21.0. The summed E-state index contributed by atoms with van der Waals surface area (Å²) < 4.78 is 31.4. The van der Waals surface area contributed by atoms with Crippen LogP contribution < -0.4 is 0 Å². The monoisotopic (exact) mass is 796 g/mol. The lowest BCUT2D eigenvalue weighted by atomic mass is 9.32. The van der Waals surface area contributed by atoms with Gasteiger partial charge in [-0.1, -0.05) is 53.7 Å². The van der Waals surface area contributed by atoms with Gasteiger partial charge in [0.2, 0.25) is 0 Å². The minimum Gasteiger partial charge on any atom is -0.396 e. The summed E-state index contributed by atoms with van der Waals surface area (Å²) in [7, 11) is 0. The summed E-state index contributed by atoms with van der Waals surface area (Å²) in [6, 6.07) is 0. The van der Waals surface area contributed by atoms with Crippen LogP contribution >= 0.6 is 0 Å². The highest BCUT2D eigenvalue weighted by atomic mass is 16.8. The molecule has 0 unspecified atom stereocenters. The smallest absolute Gasteiger partial charge is 0.187 e. The molecule has 56 heavy (non-hydrogen) atoms. The third kappa shape index (κ3) is 5.51. The van der Waals surface area contributed by atoms with Crippen LogP contribution in [-0.4, -0.2) is 152 Å². The standard InChI is InChI=1S/C42H68O14/c1-36(2)13-14-41-20-52-42(25(41)15-36)12-8-24-37(3)10-9-27(38(4,19-45)23(37)7-11-39(24,5)40(42,6)16-26(41)46)55-35-33(31(50)29(48)22(18-44)54-35)56-34-32(51)30(49)28(47)21(17-43)53-34/h8,12,21-35,43-51H,7,9-11,13-20H2,1-6H3/t21-,22-,23-,24-,25-,26+,27+,28-,29-,30+,31+,32-,33-,34+,35+,37+,38+,39-,40+,41-,42+/m1/s1. The highest BCUT2D eigenvalue weighted by Gasteiger charge is 2.79. The van der Waals surface area contributed by atoms with Gasteiger partial charge in [-0.15, -0.1) is 0 Å².